The van der Waals surface area contributed by atoms with E-state index in [-0.39, 0.29) is 5.41 Å². The van der Waals surface area contributed by atoms with E-state index in [9.17, 15) is 0 Å². The zero-order valence-corrected chi connectivity index (χ0v) is 15.7. The topological polar surface area (TPSA) is 56.3 Å². The van der Waals surface area contributed by atoms with Crippen molar-refractivity contribution in [3.05, 3.63) is 46.4 Å². The van der Waals surface area contributed by atoms with Crippen LogP contribution in [0, 0.1) is 13.8 Å². The van der Waals surface area contributed by atoms with Gasteiger partial charge in [-0.25, -0.2) is 9.97 Å². The molecule has 0 amide bonds. The number of aromatic nitrogens is 2. The summed E-state index contributed by atoms with van der Waals surface area (Å²) in [5.41, 5.74) is 1.97. The summed E-state index contributed by atoms with van der Waals surface area (Å²) in [5, 5.41) is 4.22. The van der Waals surface area contributed by atoms with E-state index in [0.717, 1.165) is 66.3 Å². The lowest BCUT2D eigenvalue weighted by molar-refractivity contribution is 0.0535. The minimum atomic E-state index is -0.110. The van der Waals surface area contributed by atoms with Gasteiger partial charge in [-0.15, -0.1) is 0 Å². The summed E-state index contributed by atoms with van der Waals surface area (Å²) in [4.78, 5) is 8.83. The molecule has 0 atom stereocenters. The van der Waals surface area contributed by atoms with Gasteiger partial charge >= 0.3 is 0 Å². The Kier molecular flexibility index (Phi) is 5.45. The van der Waals surface area contributed by atoms with E-state index >= 15 is 0 Å². The summed E-state index contributed by atoms with van der Waals surface area (Å²) < 4.78 is 11.2. The first kappa shape index (κ1) is 18.0. The molecule has 5 nitrogen and oxygen atoms in total. The fourth-order valence-corrected chi connectivity index (χ4v) is 3.64. The average molecular weight is 362 g/mol. The molecule has 0 spiro atoms. The molecular formula is C19H24ClN3O2. The second-order valence-corrected chi connectivity index (χ2v) is 6.97. The Morgan fingerprint density at radius 2 is 1.96 bits per heavy atom. The fourth-order valence-electron chi connectivity index (χ4n) is 3.47. The molecule has 1 aliphatic rings. The van der Waals surface area contributed by atoms with E-state index in [1.807, 2.05) is 38.1 Å². The van der Waals surface area contributed by atoms with Crippen molar-refractivity contribution in [1.29, 1.82) is 0 Å². The summed E-state index contributed by atoms with van der Waals surface area (Å²) in [6.07, 6.45) is 1.81. The summed E-state index contributed by atoms with van der Waals surface area (Å²) >= 11 is 6.29. The molecule has 0 radical (unpaired) electrons. The van der Waals surface area contributed by atoms with Crippen molar-refractivity contribution in [3.8, 4) is 5.75 Å². The van der Waals surface area contributed by atoms with Gasteiger partial charge in [0.05, 0.1) is 7.11 Å². The molecule has 1 N–H and O–H groups in total. The summed E-state index contributed by atoms with van der Waals surface area (Å²) in [6, 6.07) is 7.79. The summed E-state index contributed by atoms with van der Waals surface area (Å²) in [5.74, 6) is 2.48. The third kappa shape index (κ3) is 4.05. The molecule has 1 fully saturated rings. The van der Waals surface area contributed by atoms with Crippen LogP contribution in [0.15, 0.2) is 24.3 Å². The van der Waals surface area contributed by atoms with E-state index < -0.39 is 0 Å². The summed E-state index contributed by atoms with van der Waals surface area (Å²) in [6.45, 7) is 6.06. The van der Waals surface area contributed by atoms with Gasteiger partial charge in [0.15, 0.2) is 0 Å². The van der Waals surface area contributed by atoms with Crippen molar-refractivity contribution in [3.63, 3.8) is 0 Å². The molecular weight excluding hydrogens is 338 g/mol. The SMILES string of the molecule is COc1ccc(Cl)cc1C1(CNc2cc(C)nc(C)n2)CCOCC1. The van der Waals surface area contributed by atoms with Crippen LogP contribution in [0.4, 0.5) is 5.82 Å². The van der Waals surface area contributed by atoms with Crippen LogP contribution >= 0.6 is 11.6 Å². The van der Waals surface area contributed by atoms with Gasteiger partial charge in [-0.3, -0.25) is 0 Å². The molecule has 2 aromatic rings. The van der Waals surface area contributed by atoms with Gasteiger partial charge in [0.2, 0.25) is 0 Å². The van der Waals surface area contributed by atoms with Crippen LogP contribution in [-0.4, -0.2) is 36.8 Å². The van der Waals surface area contributed by atoms with Crippen molar-refractivity contribution in [2.24, 2.45) is 0 Å². The molecule has 134 valence electrons. The highest BCUT2D eigenvalue weighted by Crippen LogP contribution is 2.41. The van der Waals surface area contributed by atoms with Crippen LogP contribution in [0.2, 0.25) is 5.02 Å². The van der Waals surface area contributed by atoms with Crippen LogP contribution in [-0.2, 0) is 10.2 Å². The first-order valence-electron chi connectivity index (χ1n) is 8.50. The minimum Gasteiger partial charge on any atom is -0.496 e. The zero-order valence-electron chi connectivity index (χ0n) is 14.9. The lowest BCUT2D eigenvalue weighted by Crippen LogP contribution is -2.40. The minimum absolute atomic E-state index is 0.110. The normalized spacial score (nSPS) is 16.5. The van der Waals surface area contributed by atoms with Crippen LogP contribution in [0.25, 0.3) is 0 Å². The smallest absolute Gasteiger partial charge is 0.129 e. The number of nitrogens with zero attached hydrogens (tertiary/aromatic N) is 2. The molecule has 2 heterocycles. The maximum Gasteiger partial charge on any atom is 0.129 e. The van der Waals surface area contributed by atoms with Gasteiger partial charge in [0, 0.05) is 47.5 Å². The van der Waals surface area contributed by atoms with Gasteiger partial charge in [0.1, 0.15) is 17.4 Å². The van der Waals surface area contributed by atoms with Crippen LogP contribution in [0.3, 0.4) is 0 Å². The van der Waals surface area contributed by atoms with E-state index in [1.165, 1.54) is 0 Å². The van der Waals surface area contributed by atoms with Gasteiger partial charge in [-0.05, 0) is 44.9 Å². The Hall–Kier alpha value is -1.85. The Morgan fingerprint density at radius 3 is 2.64 bits per heavy atom. The predicted molar refractivity (Wildman–Crippen MR) is 99.7 cm³/mol. The van der Waals surface area contributed by atoms with Gasteiger partial charge in [-0.2, -0.15) is 0 Å². The predicted octanol–water partition coefficient (Wildman–Crippen LogP) is 3.92. The number of benzene rings is 1. The Labute approximate surface area is 153 Å². The second-order valence-electron chi connectivity index (χ2n) is 6.53. The van der Waals surface area contributed by atoms with Crippen LogP contribution < -0.4 is 10.1 Å². The van der Waals surface area contributed by atoms with Gasteiger partial charge in [0.25, 0.3) is 0 Å². The number of hydrogen-bond donors (Lipinski definition) is 1. The van der Waals surface area contributed by atoms with Crippen molar-refractivity contribution >= 4 is 17.4 Å². The van der Waals surface area contributed by atoms with Gasteiger partial charge in [-0.1, -0.05) is 11.6 Å². The van der Waals surface area contributed by atoms with Crippen molar-refractivity contribution in [2.45, 2.75) is 32.1 Å². The Balaban J connectivity index is 1.92. The highest BCUT2D eigenvalue weighted by Gasteiger charge is 2.37. The second kappa shape index (κ2) is 7.58. The van der Waals surface area contributed by atoms with Gasteiger partial charge < -0.3 is 14.8 Å². The molecule has 3 rings (SSSR count). The van der Waals surface area contributed by atoms with E-state index in [2.05, 4.69) is 15.3 Å². The molecule has 1 aromatic heterocycles. The maximum absolute atomic E-state index is 6.29. The number of anilines is 1. The monoisotopic (exact) mass is 361 g/mol. The van der Waals surface area contributed by atoms with Crippen molar-refractivity contribution in [1.82, 2.24) is 9.97 Å². The number of nitrogens with one attached hydrogen (secondary N) is 1. The first-order valence-corrected chi connectivity index (χ1v) is 8.88. The average Bonchev–Trinajstić information content (AvgIpc) is 2.60. The number of rotatable bonds is 5. The first-order chi connectivity index (χ1) is 12.0. The van der Waals surface area contributed by atoms with Crippen molar-refractivity contribution < 1.29 is 9.47 Å². The fraction of sp³-hybridized carbons (Fsp3) is 0.474. The molecule has 0 aliphatic carbocycles. The zero-order chi connectivity index (χ0) is 17.9. The lowest BCUT2D eigenvalue weighted by Gasteiger charge is -2.39. The largest absolute Gasteiger partial charge is 0.496 e. The molecule has 0 unspecified atom stereocenters. The molecule has 1 saturated heterocycles. The number of ether oxygens (including phenoxy) is 2. The molecule has 1 aromatic carbocycles. The van der Waals surface area contributed by atoms with E-state index in [1.54, 1.807) is 7.11 Å². The third-order valence-electron chi connectivity index (χ3n) is 4.76. The number of methoxy groups -OCH3 is 1. The van der Waals surface area contributed by atoms with E-state index in [4.69, 9.17) is 21.1 Å². The Bertz CT molecular complexity index is 725. The number of aryl methyl sites for hydroxylation is 2. The quantitative estimate of drug-likeness (QED) is 0.874. The molecule has 0 bridgehead atoms. The Morgan fingerprint density at radius 1 is 1.20 bits per heavy atom. The number of halogens is 1. The molecule has 25 heavy (non-hydrogen) atoms. The number of hydrogen-bond acceptors (Lipinski definition) is 5. The van der Waals surface area contributed by atoms with E-state index in [0.29, 0.717) is 0 Å². The standard InChI is InChI=1S/C19H24ClN3O2/c1-13-10-18(23-14(2)22-13)21-12-19(6-8-25-9-7-19)16-11-15(20)4-5-17(16)24-3/h4-5,10-11H,6-9,12H2,1-3H3,(H,21,22,23). The highest BCUT2D eigenvalue weighted by atomic mass is 35.5. The van der Waals surface area contributed by atoms with Crippen LogP contribution in [0.5, 0.6) is 5.75 Å². The summed E-state index contributed by atoms with van der Waals surface area (Å²) in [7, 11) is 1.70. The molecule has 0 saturated carbocycles. The lowest BCUT2D eigenvalue weighted by atomic mass is 9.73. The maximum atomic E-state index is 6.29. The molecule has 1 aliphatic heterocycles. The third-order valence-corrected chi connectivity index (χ3v) is 4.99. The molecule has 6 heteroatoms. The van der Waals surface area contributed by atoms with Crippen LogP contribution in [0.1, 0.15) is 29.9 Å². The van der Waals surface area contributed by atoms with Crippen molar-refractivity contribution in [2.75, 3.05) is 32.2 Å². The highest BCUT2D eigenvalue weighted by molar-refractivity contribution is 6.30.